The molecule has 0 atom stereocenters. The molecule has 1 saturated heterocycles. The van der Waals surface area contributed by atoms with E-state index in [1.54, 1.807) is 60.2 Å². The van der Waals surface area contributed by atoms with Crippen molar-refractivity contribution in [1.82, 2.24) is 19.7 Å². The van der Waals surface area contributed by atoms with E-state index in [1.165, 1.54) is 0 Å². The van der Waals surface area contributed by atoms with Crippen molar-refractivity contribution in [3.8, 4) is 0 Å². The van der Waals surface area contributed by atoms with E-state index in [2.05, 4.69) is 4.98 Å². The first-order chi connectivity index (χ1) is 9.84. The Balaban J connectivity index is 1.99. The van der Waals surface area contributed by atoms with Gasteiger partial charge in [-0.3, -0.25) is 4.79 Å². The lowest BCUT2D eigenvalue weighted by Gasteiger charge is -2.45. The molecule has 0 spiro atoms. The smallest absolute Gasteiger partial charge is 0.320 e. The molecule has 0 aromatic carbocycles. The van der Waals surface area contributed by atoms with Crippen LogP contribution in [0.25, 0.3) is 0 Å². The van der Waals surface area contributed by atoms with E-state index in [-0.39, 0.29) is 11.9 Å². The molecule has 0 saturated carbocycles. The van der Waals surface area contributed by atoms with Crippen LogP contribution in [0.1, 0.15) is 18.9 Å². The molecule has 1 aromatic heterocycles. The van der Waals surface area contributed by atoms with Crippen LogP contribution in [0.3, 0.4) is 0 Å². The molecule has 2 heterocycles. The van der Waals surface area contributed by atoms with Crippen LogP contribution in [0, 0.1) is 0 Å². The van der Waals surface area contributed by atoms with Crippen molar-refractivity contribution in [3.63, 3.8) is 0 Å². The summed E-state index contributed by atoms with van der Waals surface area (Å²) < 4.78 is 0. The third kappa shape index (κ3) is 3.18. The van der Waals surface area contributed by atoms with Crippen molar-refractivity contribution in [1.29, 1.82) is 0 Å². The zero-order chi connectivity index (χ0) is 15.6. The maximum absolute atomic E-state index is 12.6. The number of urea groups is 1. The molecule has 7 heteroatoms. The molecule has 21 heavy (non-hydrogen) atoms. The highest BCUT2D eigenvalue weighted by molar-refractivity contribution is 7.09. The third-order valence-corrected chi connectivity index (χ3v) is 4.75. The van der Waals surface area contributed by atoms with Gasteiger partial charge in [0, 0.05) is 51.7 Å². The van der Waals surface area contributed by atoms with Crippen molar-refractivity contribution in [2.45, 2.75) is 25.8 Å². The van der Waals surface area contributed by atoms with E-state index in [4.69, 9.17) is 0 Å². The minimum absolute atomic E-state index is 0.0181. The Labute approximate surface area is 129 Å². The predicted octanol–water partition coefficient (Wildman–Crippen LogP) is 1.29. The fourth-order valence-electron chi connectivity index (χ4n) is 2.49. The lowest BCUT2D eigenvalue weighted by atomic mass is 9.98. The number of carbonyl (C=O) groups excluding carboxylic acids is 2. The first-order valence-electron chi connectivity index (χ1n) is 7.00. The Morgan fingerprint density at radius 1 is 1.48 bits per heavy atom. The van der Waals surface area contributed by atoms with Gasteiger partial charge in [0.2, 0.25) is 5.91 Å². The average Bonchev–Trinajstić information content (AvgIpc) is 2.95. The van der Waals surface area contributed by atoms with Crippen molar-refractivity contribution in [2.75, 3.05) is 33.7 Å². The predicted molar refractivity (Wildman–Crippen MR) is 82.3 cm³/mol. The molecule has 1 aromatic rings. The summed E-state index contributed by atoms with van der Waals surface area (Å²) >= 11 is 1.59. The lowest BCUT2D eigenvalue weighted by molar-refractivity contribution is -0.144. The molecule has 0 unspecified atom stereocenters. The lowest BCUT2D eigenvalue weighted by Crippen LogP contribution is -2.65. The second-order valence-electron chi connectivity index (χ2n) is 5.82. The molecule has 0 N–H and O–H groups in total. The van der Waals surface area contributed by atoms with Gasteiger partial charge in [0.05, 0.1) is 5.01 Å². The zero-order valence-corrected chi connectivity index (χ0v) is 13.8. The number of thiazole rings is 1. The van der Waals surface area contributed by atoms with Crippen molar-refractivity contribution in [3.05, 3.63) is 16.6 Å². The maximum Gasteiger partial charge on any atom is 0.320 e. The van der Waals surface area contributed by atoms with E-state index in [0.29, 0.717) is 19.6 Å². The summed E-state index contributed by atoms with van der Waals surface area (Å²) in [5, 5.41) is 2.95. The van der Waals surface area contributed by atoms with E-state index in [0.717, 1.165) is 11.4 Å². The number of hydrogen-bond acceptors (Lipinski definition) is 4. The van der Waals surface area contributed by atoms with Gasteiger partial charge in [-0.15, -0.1) is 11.3 Å². The average molecular weight is 310 g/mol. The summed E-state index contributed by atoms with van der Waals surface area (Å²) in [4.78, 5) is 34.1. The quantitative estimate of drug-likeness (QED) is 0.845. The molecule has 2 rings (SSSR count). The maximum atomic E-state index is 12.6. The van der Waals surface area contributed by atoms with Crippen LogP contribution in [-0.2, 0) is 11.2 Å². The van der Waals surface area contributed by atoms with Crippen LogP contribution in [0.5, 0.6) is 0 Å². The second kappa shape index (κ2) is 6.01. The SMILES string of the molecule is CN(CCc1nccs1)C(=O)N1CCN(C)C(=O)C1(C)C. The molecule has 6 nitrogen and oxygen atoms in total. The molecule has 3 amide bonds. The fraction of sp³-hybridized carbons (Fsp3) is 0.643. The minimum atomic E-state index is -0.792. The summed E-state index contributed by atoms with van der Waals surface area (Å²) in [7, 11) is 3.55. The van der Waals surface area contributed by atoms with Gasteiger partial charge in [0.25, 0.3) is 0 Å². The molecular formula is C14H22N4O2S. The van der Waals surface area contributed by atoms with Crippen LogP contribution >= 0.6 is 11.3 Å². The van der Waals surface area contributed by atoms with Crippen molar-refractivity contribution < 1.29 is 9.59 Å². The Hall–Kier alpha value is -1.63. The number of carbonyl (C=O) groups is 2. The van der Waals surface area contributed by atoms with Crippen LogP contribution in [0.4, 0.5) is 4.79 Å². The number of aromatic nitrogens is 1. The molecule has 116 valence electrons. The monoisotopic (exact) mass is 310 g/mol. The first kappa shape index (κ1) is 15.8. The summed E-state index contributed by atoms with van der Waals surface area (Å²) in [5.41, 5.74) is -0.792. The Morgan fingerprint density at radius 3 is 2.81 bits per heavy atom. The van der Waals surface area contributed by atoms with Gasteiger partial charge >= 0.3 is 6.03 Å². The number of likely N-dealkylation sites (N-methyl/N-ethyl adjacent to an activating group) is 2. The number of nitrogens with zero attached hydrogens (tertiary/aromatic N) is 4. The summed E-state index contributed by atoms with van der Waals surface area (Å²) in [6.45, 7) is 5.35. The van der Waals surface area contributed by atoms with Gasteiger partial charge in [-0.05, 0) is 13.8 Å². The summed E-state index contributed by atoms with van der Waals surface area (Å²) in [5.74, 6) is -0.0181. The van der Waals surface area contributed by atoms with Crippen LogP contribution in [-0.4, -0.2) is 70.9 Å². The van der Waals surface area contributed by atoms with Gasteiger partial charge in [0.15, 0.2) is 0 Å². The molecule has 0 radical (unpaired) electrons. The minimum Gasteiger partial charge on any atom is -0.342 e. The molecule has 0 aliphatic carbocycles. The zero-order valence-electron chi connectivity index (χ0n) is 13.0. The highest BCUT2D eigenvalue weighted by Crippen LogP contribution is 2.23. The standard InChI is InChI=1S/C14H22N4O2S/c1-14(2)12(19)16(3)8-9-18(14)13(20)17(4)7-5-11-15-6-10-21-11/h6,10H,5,7-9H2,1-4H3. The van der Waals surface area contributed by atoms with Crippen molar-refractivity contribution >= 4 is 23.3 Å². The van der Waals surface area contributed by atoms with E-state index in [9.17, 15) is 9.59 Å². The highest BCUT2D eigenvalue weighted by atomic mass is 32.1. The number of amides is 3. The van der Waals surface area contributed by atoms with Gasteiger partial charge in [-0.1, -0.05) is 0 Å². The topological polar surface area (TPSA) is 56.8 Å². The van der Waals surface area contributed by atoms with Crippen LogP contribution in [0.2, 0.25) is 0 Å². The molecule has 1 aliphatic heterocycles. The van der Waals surface area contributed by atoms with Gasteiger partial charge < -0.3 is 14.7 Å². The van der Waals surface area contributed by atoms with Crippen LogP contribution in [0.15, 0.2) is 11.6 Å². The molecular weight excluding hydrogens is 288 g/mol. The Kier molecular flexibility index (Phi) is 4.51. The van der Waals surface area contributed by atoms with Gasteiger partial charge in [-0.2, -0.15) is 0 Å². The van der Waals surface area contributed by atoms with Gasteiger partial charge in [0.1, 0.15) is 5.54 Å². The van der Waals surface area contributed by atoms with Crippen molar-refractivity contribution in [2.24, 2.45) is 0 Å². The molecule has 1 aliphatic rings. The molecule has 1 fully saturated rings. The molecule has 0 bridgehead atoms. The first-order valence-corrected chi connectivity index (χ1v) is 7.88. The Bertz CT molecular complexity index is 515. The number of rotatable bonds is 3. The summed E-state index contributed by atoms with van der Waals surface area (Å²) in [6, 6.07) is -0.0991. The highest BCUT2D eigenvalue weighted by Gasteiger charge is 2.43. The number of piperazine rings is 1. The van der Waals surface area contributed by atoms with E-state index < -0.39 is 5.54 Å². The number of hydrogen-bond donors (Lipinski definition) is 0. The largest absolute Gasteiger partial charge is 0.342 e. The fourth-order valence-corrected chi connectivity index (χ4v) is 3.10. The van der Waals surface area contributed by atoms with E-state index in [1.807, 2.05) is 5.38 Å². The van der Waals surface area contributed by atoms with Crippen LogP contribution < -0.4 is 0 Å². The normalized spacial score (nSPS) is 18.0. The third-order valence-electron chi connectivity index (χ3n) is 3.91. The van der Waals surface area contributed by atoms with Gasteiger partial charge in [-0.25, -0.2) is 9.78 Å². The summed E-state index contributed by atoms with van der Waals surface area (Å²) in [6.07, 6.45) is 2.51. The Morgan fingerprint density at radius 2 is 2.19 bits per heavy atom. The second-order valence-corrected chi connectivity index (χ2v) is 6.80. The van der Waals surface area contributed by atoms with E-state index >= 15 is 0 Å².